The number of carbonyl (C=O) groups excluding carboxylic acids is 1. The van der Waals surface area contributed by atoms with E-state index in [0.717, 1.165) is 38.5 Å². The maximum Gasteiger partial charge on any atom is 0.249 e. The van der Waals surface area contributed by atoms with Crippen LogP contribution in [0.15, 0.2) is 24.3 Å². The van der Waals surface area contributed by atoms with E-state index in [0.29, 0.717) is 19.3 Å². The molecule has 0 aliphatic rings. The van der Waals surface area contributed by atoms with Gasteiger partial charge in [0, 0.05) is 0 Å². The van der Waals surface area contributed by atoms with Gasteiger partial charge in [-0.3, -0.25) is 4.79 Å². The molecule has 0 spiro atoms. The molecule has 0 rings (SSSR count). The van der Waals surface area contributed by atoms with Crippen LogP contribution in [0.5, 0.6) is 0 Å². The molecule has 0 saturated carbocycles. The first-order valence-corrected chi connectivity index (χ1v) is 35.7. The fraction of sp³-hybridized carbons (Fsp3) is 0.931. The van der Waals surface area contributed by atoms with Gasteiger partial charge in [0.1, 0.15) is 12.2 Å². The Morgan fingerprint density at radius 1 is 0.308 bits per heavy atom. The lowest BCUT2D eigenvalue weighted by atomic mass is 10.00. The van der Waals surface area contributed by atoms with Crippen molar-refractivity contribution < 1.29 is 25.2 Å². The lowest BCUT2D eigenvalue weighted by Gasteiger charge is -2.27. The Hall–Kier alpha value is -1.21. The minimum atomic E-state index is -1.29. The molecular weight excluding hydrogens is 959 g/mol. The van der Waals surface area contributed by atoms with E-state index in [1.54, 1.807) is 0 Å². The third-order valence-corrected chi connectivity index (χ3v) is 17.1. The van der Waals surface area contributed by atoms with Crippen molar-refractivity contribution in [2.24, 2.45) is 0 Å². The summed E-state index contributed by atoms with van der Waals surface area (Å²) in [5.41, 5.74) is 0. The molecule has 4 unspecified atom stereocenters. The molecule has 1 amide bonds. The Labute approximate surface area is 488 Å². The van der Waals surface area contributed by atoms with Gasteiger partial charge >= 0.3 is 0 Å². The first kappa shape index (κ1) is 76.8. The van der Waals surface area contributed by atoms with Crippen LogP contribution in [0.25, 0.3) is 0 Å². The topological polar surface area (TPSA) is 110 Å². The van der Waals surface area contributed by atoms with E-state index in [9.17, 15) is 25.2 Å². The van der Waals surface area contributed by atoms with Gasteiger partial charge in [0.15, 0.2) is 0 Å². The molecule has 0 saturated heterocycles. The Bertz CT molecular complexity index is 1190. The van der Waals surface area contributed by atoms with E-state index in [4.69, 9.17) is 0 Å². The molecule has 0 heterocycles. The molecule has 78 heavy (non-hydrogen) atoms. The summed E-state index contributed by atoms with van der Waals surface area (Å²) < 4.78 is 0. The van der Waals surface area contributed by atoms with Gasteiger partial charge in [-0.2, -0.15) is 0 Å². The minimum absolute atomic E-state index is 0.365. The number of amides is 1. The van der Waals surface area contributed by atoms with Gasteiger partial charge in [-0.05, 0) is 51.4 Å². The highest BCUT2D eigenvalue weighted by Gasteiger charge is 2.28. The fourth-order valence-electron chi connectivity index (χ4n) is 11.6. The van der Waals surface area contributed by atoms with E-state index in [-0.39, 0.29) is 0 Å². The highest BCUT2D eigenvalue weighted by atomic mass is 16.3. The zero-order valence-electron chi connectivity index (χ0n) is 52.9. The molecule has 0 aromatic rings. The summed E-state index contributed by atoms with van der Waals surface area (Å²) >= 11 is 0. The van der Waals surface area contributed by atoms with Crippen LogP contribution >= 0.6 is 0 Å². The summed E-state index contributed by atoms with van der Waals surface area (Å²) in [6, 6.07) is -1.01. The molecule has 0 fully saturated rings. The lowest BCUT2D eigenvalue weighted by molar-refractivity contribution is -0.132. The maximum absolute atomic E-state index is 12.7. The van der Waals surface area contributed by atoms with Crippen molar-refractivity contribution in [3.05, 3.63) is 24.3 Å². The minimum Gasteiger partial charge on any atom is -0.394 e. The zero-order chi connectivity index (χ0) is 56.6. The van der Waals surface area contributed by atoms with Crippen molar-refractivity contribution in [2.45, 2.75) is 423 Å². The fourth-order valence-corrected chi connectivity index (χ4v) is 11.6. The second-order valence-electron chi connectivity index (χ2n) is 24.9. The number of allylic oxidation sites excluding steroid dienone is 4. The van der Waals surface area contributed by atoms with Crippen LogP contribution in [-0.4, -0.2) is 57.3 Å². The second kappa shape index (κ2) is 66.6. The van der Waals surface area contributed by atoms with Crippen LogP contribution in [0, 0.1) is 0 Å². The van der Waals surface area contributed by atoms with Crippen LogP contribution in [0.1, 0.15) is 399 Å². The standard InChI is InChI=1S/C72H141NO5/c1-3-5-7-9-11-13-15-17-19-21-23-25-27-29-31-33-35-37-39-41-43-45-47-49-51-53-55-57-59-61-63-65-69(75)71(77)68(67-74)73-72(78)70(76)66-64-62-60-58-56-54-52-50-48-46-44-42-40-38-36-34-32-30-28-26-24-22-20-18-16-14-12-10-8-6-4-2/h49,51,57,59,68-71,74-77H,3-48,50,52-56,58,60-67H2,1-2H3,(H,73,78)/b51-49+,59-57+. The zero-order valence-corrected chi connectivity index (χ0v) is 52.9. The SMILES string of the molecule is CCCCCCCCCCCCCCCCCCCCCCCC/C=C/CC/C=C/CCCC(O)C(O)C(CO)NC(=O)C(O)CCCCCCCCCCCCCCCCCCCCCCCCCCCCCCCCC. The monoisotopic (exact) mass is 1100 g/mol. The first-order valence-electron chi connectivity index (χ1n) is 35.7. The molecule has 0 aliphatic carbocycles. The number of nitrogens with one attached hydrogen (secondary N) is 1. The van der Waals surface area contributed by atoms with E-state index in [1.165, 1.54) is 327 Å². The van der Waals surface area contributed by atoms with Crippen molar-refractivity contribution >= 4 is 5.91 Å². The van der Waals surface area contributed by atoms with Crippen molar-refractivity contribution in [3.8, 4) is 0 Å². The first-order chi connectivity index (χ1) is 38.5. The largest absolute Gasteiger partial charge is 0.394 e. The normalized spacial score (nSPS) is 13.6. The Morgan fingerprint density at radius 3 is 0.808 bits per heavy atom. The molecule has 0 radical (unpaired) electrons. The predicted molar refractivity (Wildman–Crippen MR) is 344 cm³/mol. The summed E-state index contributed by atoms with van der Waals surface area (Å²) in [5.74, 6) is -0.589. The van der Waals surface area contributed by atoms with Crippen LogP contribution in [0.4, 0.5) is 0 Å². The van der Waals surface area contributed by atoms with Gasteiger partial charge in [-0.15, -0.1) is 0 Å². The molecule has 6 heteroatoms. The van der Waals surface area contributed by atoms with Crippen LogP contribution in [0.2, 0.25) is 0 Å². The summed E-state index contributed by atoms with van der Waals surface area (Å²) in [6.45, 7) is 4.10. The summed E-state index contributed by atoms with van der Waals surface area (Å²) in [7, 11) is 0. The summed E-state index contributed by atoms with van der Waals surface area (Å²) in [6.07, 6.45) is 84.6. The van der Waals surface area contributed by atoms with E-state index in [1.807, 2.05) is 0 Å². The Kier molecular flexibility index (Phi) is 65.6. The van der Waals surface area contributed by atoms with Gasteiger partial charge in [0.05, 0.1) is 18.8 Å². The number of rotatable bonds is 67. The highest BCUT2D eigenvalue weighted by Crippen LogP contribution is 2.20. The molecule has 0 bridgehead atoms. The van der Waals surface area contributed by atoms with Gasteiger partial charge in [0.2, 0.25) is 5.91 Å². The van der Waals surface area contributed by atoms with Crippen molar-refractivity contribution in [3.63, 3.8) is 0 Å². The number of aliphatic hydroxyl groups is 4. The number of hydrogen-bond acceptors (Lipinski definition) is 5. The molecule has 0 aliphatic heterocycles. The average molecular weight is 1100 g/mol. The van der Waals surface area contributed by atoms with Crippen molar-refractivity contribution in [1.82, 2.24) is 5.32 Å². The predicted octanol–water partition coefficient (Wildman–Crippen LogP) is 22.1. The maximum atomic E-state index is 12.7. The summed E-state index contributed by atoms with van der Waals surface area (Å²) in [5, 5.41) is 44.2. The lowest BCUT2D eigenvalue weighted by Crippen LogP contribution is -2.53. The van der Waals surface area contributed by atoms with Gasteiger partial charge in [-0.25, -0.2) is 0 Å². The van der Waals surface area contributed by atoms with E-state index in [2.05, 4.69) is 43.5 Å². The number of carbonyl (C=O) groups is 1. The van der Waals surface area contributed by atoms with Crippen molar-refractivity contribution in [1.29, 1.82) is 0 Å². The number of hydrogen-bond donors (Lipinski definition) is 5. The molecule has 5 N–H and O–H groups in total. The van der Waals surface area contributed by atoms with Crippen molar-refractivity contribution in [2.75, 3.05) is 6.61 Å². The van der Waals surface area contributed by atoms with Crippen LogP contribution in [-0.2, 0) is 4.79 Å². The highest BCUT2D eigenvalue weighted by molar-refractivity contribution is 5.80. The third-order valence-electron chi connectivity index (χ3n) is 17.1. The van der Waals surface area contributed by atoms with Gasteiger partial charge in [-0.1, -0.05) is 372 Å². The van der Waals surface area contributed by atoms with E-state index >= 15 is 0 Å². The molecule has 464 valence electrons. The van der Waals surface area contributed by atoms with Crippen LogP contribution in [0.3, 0.4) is 0 Å². The average Bonchev–Trinajstić information content (AvgIpc) is 3.45. The number of unbranched alkanes of at least 4 members (excludes halogenated alkanes) is 54. The number of aliphatic hydroxyl groups excluding tert-OH is 4. The third kappa shape index (κ3) is 59.4. The Morgan fingerprint density at radius 2 is 0.538 bits per heavy atom. The molecule has 4 atom stereocenters. The van der Waals surface area contributed by atoms with E-state index < -0.39 is 36.9 Å². The molecular formula is C72H141NO5. The molecule has 6 nitrogen and oxygen atoms in total. The van der Waals surface area contributed by atoms with Gasteiger partial charge < -0.3 is 25.7 Å². The van der Waals surface area contributed by atoms with Crippen LogP contribution < -0.4 is 5.32 Å². The summed E-state index contributed by atoms with van der Waals surface area (Å²) in [4.78, 5) is 12.7. The quantitative estimate of drug-likeness (QED) is 0.0308. The molecule has 0 aromatic carbocycles. The molecule has 0 aromatic heterocycles. The smallest absolute Gasteiger partial charge is 0.249 e. The Balaban J connectivity index is 3.56. The second-order valence-corrected chi connectivity index (χ2v) is 24.9. The van der Waals surface area contributed by atoms with Gasteiger partial charge in [0.25, 0.3) is 0 Å².